The zero-order valence-electron chi connectivity index (χ0n) is 15.6. The van der Waals surface area contributed by atoms with E-state index in [4.69, 9.17) is 4.42 Å². The van der Waals surface area contributed by atoms with E-state index < -0.39 is 0 Å². The number of pyridine rings is 1. The van der Waals surface area contributed by atoms with E-state index in [0.29, 0.717) is 23.6 Å². The van der Waals surface area contributed by atoms with E-state index in [-0.39, 0.29) is 0 Å². The maximum atomic E-state index is 5.45. The van der Waals surface area contributed by atoms with Crippen LogP contribution in [0.5, 0.6) is 0 Å². The fraction of sp³-hybridized carbons (Fsp3) is 0.450. The Bertz CT molecular complexity index is 878. The van der Waals surface area contributed by atoms with Crippen molar-refractivity contribution in [2.45, 2.75) is 43.9 Å². The van der Waals surface area contributed by atoms with Crippen molar-refractivity contribution in [1.29, 1.82) is 0 Å². The van der Waals surface area contributed by atoms with Crippen LogP contribution in [0.15, 0.2) is 40.0 Å². The fourth-order valence-corrected chi connectivity index (χ4v) is 4.06. The van der Waals surface area contributed by atoms with Crippen molar-refractivity contribution in [2.75, 3.05) is 6.26 Å². The van der Waals surface area contributed by atoms with Crippen LogP contribution in [0.2, 0.25) is 0 Å². The number of rotatable bonds is 6. The Hall–Kier alpha value is -2.28. The second-order valence-corrected chi connectivity index (χ2v) is 8.04. The molecular formula is C20H23N5OS. The summed E-state index contributed by atoms with van der Waals surface area (Å²) in [5, 5.41) is 7.90. The van der Waals surface area contributed by atoms with Crippen LogP contribution in [0, 0.1) is 18.8 Å². The monoisotopic (exact) mass is 381 g/mol. The minimum Gasteiger partial charge on any atom is -0.421 e. The molecule has 27 heavy (non-hydrogen) atoms. The predicted molar refractivity (Wildman–Crippen MR) is 104 cm³/mol. The average Bonchev–Trinajstić information content (AvgIpc) is 3.32. The van der Waals surface area contributed by atoms with Crippen LogP contribution in [-0.4, -0.2) is 31.4 Å². The van der Waals surface area contributed by atoms with Gasteiger partial charge in [0.1, 0.15) is 5.82 Å². The van der Waals surface area contributed by atoms with E-state index in [1.54, 1.807) is 18.7 Å². The summed E-state index contributed by atoms with van der Waals surface area (Å²) in [6, 6.07) is 4.09. The molecule has 0 amide bonds. The highest BCUT2D eigenvalue weighted by Crippen LogP contribution is 2.34. The third-order valence-corrected chi connectivity index (χ3v) is 5.82. The van der Waals surface area contributed by atoms with Crippen molar-refractivity contribution in [3.63, 3.8) is 0 Å². The summed E-state index contributed by atoms with van der Waals surface area (Å²) in [5.41, 5.74) is 2.00. The standard InChI is InChI=1S/C20H23N5OS/c1-13-24-25-20(26-13)16-5-6-17(21-10-16)8-14-3-4-15(7-14)9-19-22-11-18(27-2)12-23-19/h5-6,10-12,14-15H,3-4,7-9H2,1-2H3/t14-,15-/m0/s1. The smallest absolute Gasteiger partial charge is 0.249 e. The van der Waals surface area contributed by atoms with E-state index in [1.807, 2.05) is 30.9 Å². The van der Waals surface area contributed by atoms with Crippen LogP contribution in [-0.2, 0) is 12.8 Å². The fourth-order valence-electron chi connectivity index (χ4n) is 3.74. The Morgan fingerprint density at radius 1 is 1.00 bits per heavy atom. The van der Waals surface area contributed by atoms with Crippen molar-refractivity contribution >= 4 is 11.8 Å². The van der Waals surface area contributed by atoms with Crippen molar-refractivity contribution in [3.8, 4) is 11.5 Å². The van der Waals surface area contributed by atoms with Gasteiger partial charge in [-0.3, -0.25) is 4.98 Å². The summed E-state index contributed by atoms with van der Waals surface area (Å²) in [6.07, 6.45) is 13.4. The van der Waals surface area contributed by atoms with Gasteiger partial charge in [0.25, 0.3) is 0 Å². The van der Waals surface area contributed by atoms with Crippen molar-refractivity contribution in [2.24, 2.45) is 11.8 Å². The SMILES string of the molecule is CSc1cnc(C[C@H]2CC[C@H](Cc3ccc(-c4nnc(C)o4)cn3)C2)nc1. The third-order valence-electron chi connectivity index (χ3n) is 5.13. The molecule has 6 nitrogen and oxygen atoms in total. The molecule has 1 saturated carbocycles. The second kappa shape index (κ2) is 8.17. The van der Waals surface area contributed by atoms with Crippen molar-refractivity contribution in [1.82, 2.24) is 25.1 Å². The Kier molecular flexibility index (Phi) is 5.48. The van der Waals surface area contributed by atoms with Crippen LogP contribution in [0.4, 0.5) is 0 Å². The summed E-state index contributed by atoms with van der Waals surface area (Å²) < 4.78 is 5.45. The van der Waals surface area contributed by atoms with Crippen LogP contribution >= 0.6 is 11.8 Å². The topological polar surface area (TPSA) is 77.6 Å². The Morgan fingerprint density at radius 3 is 2.41 bits per heavy atom. The molecule has 7 heteroatoms. The minimum absolute atomic E-state index is 0.528. The number of aryl methyl sites for hydroxylation is 1. The van der Waals surface area contributed by atoms with Crippen molar-refractivity contribution in [3.05, 3.63) is 48.1 Å². The molecule has 0 radical (unpaired) electrons. The lowest BCUT2D eigenvalue weighted by Gasteiger charge is -2.11. The van der Waals surface area contributed by atoms with E-state index in [1.165, 1.54) is 19.3 Å². The van der Waals surface area contributed by atoms with Gasteiger partial charge in [0, 0.05) is 42.5 Å². The average molecular weight is 382 g/mol. The molecule has 0 saturated heterocycles. The lowest BCUT2D eigenvalue weighted by molar-refractivity contribution is 0.476. The number of thioether (sulfide) groups is 1. The predicted octanol–water partition coefficient (Wildman–Crippen LogP) is 4.15. The van der Waals surface area contributed by atoms with E-state index in [0.717, 1.165) is 34.8 Å². The zero-order chi connectivity index (χ0) is 18.6. The van der Waals surface area contributed by atoms with Gasteiger partial charge in [-0.1, -0.05) is 0 Å². The van der Waals surface area contributed by atoms with Gasteiger partial charge in [-0.15, -0.1) is 22.0 Å². The first kappa shape index (κ1) is 18.1. The molecule has 1 aliphatic rings. The number of hydrogen-bond donors (Lipinski definition) is 0. The summed E-state index contributed by atoms with van der Waals surface area (Å²) in [6.45, 7) is 1.79. The van der Waals surface area contributed by atoms with Gasteiger partial charge in [0.2, 0.25) is 11.8 Å². The van der Waals surface area contributed by atoms with E-state index >= 15 is 0 Å². The zero-order valence-corrected chi connectivity index (χ0v) is 16.4. The molecule has 3 heterocycles. The van der Waals surface area contributed by atoms with Crippen LogP contribution in [0.3, 0.4) is 0 Å². The quantitative estimate of drug-likeness (QED) is 0.593. The Labute approximate surface area is 163 Å². The molecule has 2 atom stereocenters. The first-order valence-corrected chi connectivity index (χ1v) is 10.5. The third kappa shape index (κ3) is 4.53. The number of aromatic nitrogens is 5. The molecule has 0 spiro atoms. The molecule has 3 aromatic heterocycles. The van der Waals surface area contributed by atoms with Crippen LogP contribution in [0.1, 0.15) is 36.7 Å². The molecule has 0 unspecified atom stereocenters. The highest BCUT2D eigenvalue weighted by atomic mass is 32.2. The van der Waals surface area contributed by atoms with E-state index in [2.05, 4.69) is 31.2 Å². The molecule has 0 bridgehead atoms. The summed E-state index contributed by atoms with van der Waals surface area (Å²) >= 11 is 1.68. The van der Waals surface area contributed by atoms with Gasteiger partial charge in [0.05, 0.1) is 5.56 Å². The Balaban J connectivity index is 1.31. The molecule has 0 aliphatic heterocycles. The summed E-state index contributed by atoms with van der Waals surface area (Å²) in [5.74, 6) is 3.43. The first-order valence-electron chi connectivity index (χ1n) is 9.30. The highest BCUT2D eigenvalue weighted by molar-refractivity contribution is 7.98. The lowest BCUT2D eigenvalue weighted by atomic mass is 9.97. The van der Waals surface area contributed by atoms with Gasteiger partial charge < -0.3 is 4.42 Å². The largest absolute Gasteiger partial charge is 0.421 e. The molecule has 1 fully saturated rings. The van der Waals surface area contributed by atoms with Gasteiger partial charge in [0.15, 0.2) is 0 Å². The normalized spacial score (nSPS) is 19.5. The second-order valence-electron chi connectivity index (χ2n) is 7.16. The maximum absolute atomic E-state index is 5.45. The minimum atomic E-state index is 0.528. The first-order chi connectivity index (χ1) is 13.2. The molecule has 0 aromatic carbocycles. The Morgan fingerprint density at radius 2 is 1.78 bits per heavy atom. The molecule has 1 aliphatic carbocycles. The van der Waals surface area contributed by atoms with Crippen molar-refractivity contribution < 1.29 is 4.42 Å². The molecule has 4 rings (SSSR count). The van der Waals surface area contributed by atoms with Crippen LogP contribution in [0.25, 0.3) is 11.5 Å². The number of nitrogens with zero attached hydrogens (tertiary/aromatic N) is 5. The maximum Gasteiger partial charge on any atom is 0.249 e. The molecule has 140 valence electrons. The van der Waals surface area contributed by atoms with Gasteiger partial charge in [-0.05, 0) is 55.9 Å². The summed E-state index contributed by atoms with van der Waals surface area (Å²) in [4.78, 5) is 14.7. The molecule has 0 N–H and O–H groups in total. The molecular weight excluding hydrogens is 358 g/mol. The number of hydrogen-bond acceptors (Lipinski definition) is 7. The van der Waals surface area contributed by atoms with Gasteiger partial charge in [-0.25, -0.2) is 9.97 Å². The highest BCUT2D eigenvalue weighted by Gasteiger charge is 2.26. The molecule has 3 aromatic rings. The van der Waals surface area contributed by atoms with Gasteiger partial charge in [-0.2, -0.15) is 0 Å². The van der Waals surface area contributed by atoms with E-state index in [9.17, 15) is 0 Å². The van der Waals surface area contributed by atoms with Crippen LogP contribution < -0.4 is 0 Å². The summed E-state index contributed by atoms with van der Waals surface area (Å²) in [7, 11) is 0. The van der Waals surface area contributed by atoms with Gasteiger partial charge >= 0.3 is 0 Å². The lowest BCUT2D eigenvalue weighted by Crippen LogP contribution is -2.06.